The van der Waals surface area contributed by atoms with Crippen LogP contribution in [0.2, 0.25) is 0 Å². The van der Waals surface area contributed by atoms with Crippen LogP contribution in [0.5, 0.6) is 0 Å². The van der Waals surface area contributed by atoms with Crippen molar-refractivity contribution in [1.82, 2.24) is 15.1 Å². The molecule has 0 bridgehead atoms. The van der Waals surface area contributed by atoms with E-state index < -0.39 is 5.54 Å². The van der Waals surface area contributed by atoms with E-state index in [2.05, 4.69) is 63.7 Å². The highest BCUT2D eigenvalue weighted by atomic mass is 16.5. The Morgan fingerprint density at radius 3 is 1.88 bits per heavy atom. The molecular formula is C29H26N4O. The lowest BCUT2D eigenvalue weighted by atomic mass is 9.82. The van der Waals surface area contributed by atoms with Crippen LogP contribution in [0.1, 0.15) is 22.7 Å². The molecule has 0 spiro atoms. The molecule has 168 valence electrons. The monoisotopic (exact) mass is 446 g/mol. The largest absolute Gasteiger partial charge is 0.339 e. The third kappa shape index (κ3) is 4.80. The molecule has 2 heterocycles. The number of nitrogens with two attached hydrogens (primary N) is 1. The lowest BCUT2D eigenvalue weighted by Gasteiger charge is -2.29. The van der Waals surface area contributed by atoms with E-state index in [1.807, 2.05) is 54.7 Å². The maximum Gasteiger partial charge on any atom is 0.223 e. The van der Waals surface area contributed by atoms with E-state index in [1.165, 1.54) is 11.1 Å². The van der Waals surface area contributed by atoms with Gasteiger partial charge in [-0.2, -0.15) is 4.98 Å². The fourth-order valence-electron chi connectivity index (χ4n) is 4.27. The Morgan fingerprint density at radius 2 is 1.29 bits per heavy atom. The Balaban J connectivity index is 1.37. The van der Waals surface area contributed by atoms with Gasteiger partial charge in [0.2, 0.25) is 11.7 Å². The van der Waals surface area contributed by atoms with Gasteiger partial charge in [0.05, 0.1) is 11.2 Å². The van der Waals surface area contributed by atoms with Gasteiger partial charge in [0, 0.05) is 18.7 Å². The summed E-state index contributed by atoms with van der Waals surface area (Å²) >= 11 is 0. The fourth-order valence-corrected chi connectivity index (χ4v) is 4.27. The number of pyridine rings is 1. The second-order valence-electron chi connectivity index (χ2n) is 8.62. The van der Waals surface area contributed by atoms with Gasteiger partial charge in [-0.15, -0.1) is 0 Å². The third-order valence-corrected chi connectivity index (χ3v) is 6.01. The van der Waals surface area contributed by atoms with Crippen molar-refractivity contribution in [1.29, 1.82) is 0 Å². The summed E-state index contributed by atoms with van der Waals surface area (Å²) in [5.41, 5.74) is 12.9. The molecule has 5 aromatic rings. The van der Waals surface area contributed by atoms with Crippen molar-refractivity contribution >= 4 is 0 Å². The number of aryl methyl sites for hydroxylation is 1. The number of hydrogen-bond acceptors (Lipinski definition) is 5. The standard InChI is InChI=1S/C29H26N4O/c1-21-32-28(33-34-21)26-16-14-25(15-17-26)24-12-10-23(11-13-24)20-29(30,27-9-5-6-18-31-27)19-22-7-3-2-4-8-22/h2-18H,19-20,30H2,1H3. The SMILES string of the molecule is Cc1nc(-c2ccc(-c3ccc(CC(N)(Cc4ccccc4)c4ccccn4)cc3)cc2)no1. The maximum atomic E-state index is 7.02. The van der Waals surface area contributed by atoms with Crippen molar-refractivity contribution in [2.45, 2.75) is 25.3 Å². The number of benzene rings is 3. The first-order valence-electron chi connectivity index (χ1n) is 11.3. The van der Waals surface area contributed by atoms with E-state index >= 15 is 0 Å². The van der Waals surface area contributed by atoms with E-state index in [0.717, 1.165) is 22.4 Å². The van der Waals surface area contributed by atoms with Crippen molar-refractivity contribution in [3.8, 4) is 22.5 Å². The number of aromatic nitrogens is 3. The molecule has 0 aliphatic carbocycles. The lowest BCUT2D eigenvalue weighted by molar-refractivity contribution is 0.394. The highest BCUT2D eigenvalue weighted by Gasteiger charge is 2.29. The van der Waals surface area contributed by atoms with Crippen LogP contribution < -0.4 is 5.73 Å². The number of nitrogens with zero attached hydrogens (tertiary/aromatic N) is 3. The zero-order valence-electron chi connectivity index (χ0n) is 19.1. The summed E-state index contributed by atoms with van der Waals surface area (Å²) in [4.78, 5) is 8.89. The molecule has 3 aromatic carbocycles. The number of rotatable bonds is 7. The van der Waals surface area contributed by atoms with Crippen LogP contribution in [0.25, 0.3) is 22.5 Å². The highest BCUT2D eigenvalue weighted by Crippen LogP contribution is 2.28. The summed E-state index contributed by atoms with van der Waals surface area (Å²) in [5, 5.41) is 3.99. The van der Waals surface area contributed by atoms with E-state index in [0.29, 0.717) is 24.6 Å². The van der Waals surface area contributed by atoms with Crippen LogP contribution >= 0.6 is 0 Å². The highest BCUT2D eigenvalue weighted by molar-refractivity contribution is 5.67. The molecule has 0 radical (unpaired) electrons. The van der Waals surface area contributed by atoms with Crippen LogP contribution in [0.3, 0.4) is 0 Å². The molecule has 5 nitrogen and oxygen atoms in total. The Bertz CT molecular complexity index is 1350. The van der Waals surface area contributed by atoms with Crippen LogP contribution in [0.4, 0.5) is 0 Å². The van der Waals surface area contributed by atoms with E-state index in [-0.39, 0.29) is 0 Å². The van der Waals surface area contributed by atoms with Gasteiger partial charge in [-0.05, 0) is 47.2 Å². The smallest absolute Gasteiger partial charge is 0.223 e. The normalized spacial score (nSPS) is 12.9. The van der Waals surface area contributed by atoms with Crippen molar-refractivity contribution in [3.63, 3.8) is 0 Å². The fraction of sp³-hybridized carbons (Fsp3) is 0.138. The molecule has 0 fully saturated rings. The predicted molar refractivity (Wildman–Crippen MR) is 134 cm³/mol. The van der Waals surface area contributed by atoms with Crippen LogP contribution in [0.15, 0.2) is 108 Å². The molecule has 34 heavy (non-hydrogen) atoms. The minimum Gasteiger partial charge on any atom is -0.339 e. The van der Waals surface area contributed by atoms with E-state index in [9.17, 15) is 0 Å². The summed E-state index contributed by atoms with van der Waals surface area (Å²) in [6, 6.07) is 33.1. The molecule has 5 rings (SSSR count). The Kier molecular flexibility index (Phi) is 6.02. The predicted octanol–water partition coefficient (Wildman–Crippen LogP) is 5.75. The van der Waals surface area contributed by atoms with E-state index in [1.54, 1.807) is 6.92 Å². The average Bonchev–Trinajstić information content (AvgIpc) is 3.32. The molecule has 2 aromatic heterocycles. The van der Waals surface area contributed by atoms with Crippen LogP contribution in [-0.2, 0) is 18.4 Å². The first kappa shape index (κ1) is 21.7. The average molecular weight is 447 g/mol. The van der Waals surface area contributed by atoms with Gasteiger partial charge >= 0.3 is 0 Å². The van der Waals surface area contributed by atoms with E-state index in [4.69, 9.17) is 10.3 Å². The third-order valence-electron chi connectivity index (χ3n) is 6.01. The molecule has 0 saturated carbocycles. The summed E-state index contributed by atoms with van der Waals surface area (Å²) in [7, 11) is 0. The summed E-state index contributed by atoms with van der Waals surface area (Å²) in [5.74, 6) is 1.16. The zero-order valence-corrected chi connectivity index (χ0v) is 19.1. The van der Waals surface area contributed by atoms with Gasteiger partial charge in [-0.3, -0.25) is 4.98 Å². The van der Waals surface area contributed by atoms with Crippen molar-refractivity contribution in [3.05, 3.63) is 126 Å². The van der Waals surface area contributed by atoms with Gasteiger partial charge in [0.1, 0.15) is 0 Å². The molecule has 0 saturated heterocycles. The van der Waals surface area contributed by atoms with Gasteiger partial charge < -0.3 is 10.3 Å². The van der Waals surface area contributed by atoms with Crippen molar-refractivity contribution in [2.24, 2.45) is 5.73 Å². The second-order valence-corrected chi connectivity index (χ2v) is 8.62. The summed E-state index contributed by atoms with van der Waals surface area (Å²) in [6.45, 7) is 1.79. The van der Waals surface area contributed by atoms with Crippen molar-refractivity contribution in [2.75, 3.05) is 0 Å². The summed E-state index contributed by atoms with van der Waals surface area (Å²) < 4.78 is 5.08. The zero-order chi connectivity index (χ0) is 23.4. The molecule has 2 N–H and O–H groups in total. The first-order valence-corrected chi connectivity index (χ1v) is 11.3. The Hall–Kier alpha value is -4.09. The maximum absolute atomic E-state index is 7.02. The van der Waals surface area contributed by atoms with Gasteiger partial charge in [0.15, 0.2) is 0 Å². The van der Waals surface area contributed by atoms with Crippen molar-refractivity contribution < 1.29 is 4.52 Å². The molecule has 0 aliphatic rings. The Labute approximate surface area is 199 Å². The number of hydrogen-bond donors (Lipinski definition) is 1. The molecule has 1 unspecified atom stereocenters. The first-order chi connectivity index (χ1) is 16.6. The second kappa shape index (κ2) is 9.41. The Morgan fingerprint density at radius 1 is 0.706 bits per heavy atom. The molecular weight excluding hydrogens is 420 g/mol. The quantitative estimate of drug-likeness (QED) is 0.345. The minimum atomic E-state index is -0.603. The molecule has 1 atom stereocenters. The molecule has 0 aliphatic heterocycles. The molecule has 0 amide bonds. The van der Waals surface area contributed by atoms with Crippen LogP contribution in [-0.4, -0.2) is 15.1 Å². The summed E-state index contributed by atoms with van der Waals surface area (Å²) in [6.07, 6.45) is 3.21. The van der Waals surface area contributed by atoms with Crippen LogP contribution in [0, 0.1) is 6.92 Å². The van der Waals surface area contributed by atoms with Gasteiger partial charge in [-0.25, -0.2) is 0 Å². The lowest BCUT2D eigenvalue weighted by Crippen LogP contribution is -2.42. The topological polar surface area (TPSA) is 77.8 Å². The molecule has 5 heteroatoms. The minimum absolute atomic E-state index is 0.559. The van der Waals surface area contributed by atoms with Gasteiger partial charge in [-0.1, -0.05) is 90.1 Å². The van der Waals surface area contributed by atoms with Gasteiger partial charge in [0.25, 0.3) is 0 Å².